The van der Waals surface area contributed by atoms with Crippen molar-refractivity contribution in [1.29, 1.82) is 0 Å². The van der Waals surface area contributed by atoms with E-state index in [4.69, 9.17) is 4.74 Å². The van der Waals surface area contributed by atoms with Crippen molar-refractivity contribution in [2.45, 2.75) is 38.0 Å². The molecule has 0 unspecified atom stereocenters. The minimum Gasteiger partial charge on any atom is -0.507 e. The monoisotopic (exact) mass is 452 g/mol. The Morgan fingerprint density at radius 3 is 2.69 bits per heavy atom. The van der Waals surface area contributed by atoms with Gasteiger partial charge < -0.3 is 19.6 Å². The van der Waals surface area contributed by atoms with Crippen molar-refractivity contribution < 1.29 is 19.4 Å². The highest BCUT2D eigenvalue weighted by molar-refractivity contribution is 8.04. The van der Waals surface area contributed by atoms with Crippen LogP contribution in [-0.2, 0) is 0 Å². The molecule has 6 nitrogen and oxygen atoms in total. The van der Waals surface area contributed by atoms with Crippen molar-refractivity contribution in [2.75, 3.05) is 20.1 Å². The van der Waals surface area contributed by atoms with E-state index in [-0.39, 0.29) is 22.5 Å². The van der Waals surface area contributed by atoms with Gasteiger partial charge in [0.1, 0.15) is 11.5 Å². The number of ether oxygens (including phenoxy) is 1. The van der Waals surface area contributed by atoms with Crippen LogP contribution in [0.5, 0.6) is 11.5 Å². The van der Waals surface area contributed by atoms with E-state index in [1.54, 1.807) is 11.0 Å². The Labute approximate surface area is 192 Å². The molecule has 1 aromatic carbocycles. The van der Waals surface area contributed by atoms with Crippen molar-refractivity contribution >= 4 is 23.6 Å². The van der Waals surface area contributed by atoms with Crippen LogP contribution in [0.15, 0.2) is 64.2 Å². The van der Waals surface area contributed by atoms with Crippen molar-refractivity contribution in [1.82, 2.24) is 9.80 Å². The van der Waals surface area contributed by atoms with E-state index >= 15 is 0 Å². The van der Waals surface area contributed by atoms with E-state index < -0.39 is 6.09 Å². The van der Waals surface area contributed by atoms with Crippen LogP contribution in [-0.4, -0.2) is 46.9 Å². The second kappa shape index (κ2) is 8.90. The Morgan fingerprint density at radius 2 is 1.94 bits per heavy atom. The molecule has 1 fully saturated rings. The molecule has 1 amide bonds. The fourth-order valence-corrected chi connectivity index (χ4v) is 5.01. The molecule has 0 radical (unpaired) electrons. The van der Waals surface area contributed by atoms with Gasteiger partial charge in [0.05, 0.1) is 15.4 Å². The minimum atomic E-state index is -0.412. The molecular weight excluding hydrogens is 424 g/mol. The lowest BCUT2D eigenvalue weighted by Gasteiger charge is -2.26. The first-order chi connectivity index (χ1) is 15.2. The molecule has 1 aromatic rings. The first kappa shape index (κ1) is 22.3. The summed E-state index contributed by atoms with van der Waals surface area (Å²) in [5.41, 5.74) is 0.889. The summed E-state index contributed by atoms with van der Waals surface area (Å²) in [7, 11) is 1.95. The SMILES string of the molecule is CN1\C=C/C(/C=C2\Sc3c(OC(=O)N4CCCCC4)ccc(O)c3C2=O)=C\C(C)(C)/C=C\1. The number of rotatable bonds is 2. The normalized spacial score (nSPS) is 24.9. The van der Waals surface area contributed by atoms with E-state index in [1.165, 1.54) is 17.8 Å². The molecule has 3 aliphatic rings. The zero-order valence-electron chi connectivity index (χ0n) is 18.6. The third-order valence-corrected chi connectivity index (χ3v) is 6.78. The van der Waals surface area contributed by atoms with Crippen molar-refractivity contribution in [3.63, 3.8) is 0 Å². The number of fused-ring (bicyclic) bond motifs is 1. The summed E-state index contributed by atoms with van der Waals surface area (Å²) in [6.45, 7) is 5.54. The summed E-state index contributed by atoms with van der Waals surface area (Å²) in [4.78, 5) is 30.4. The minimum absolute atomic E-state index is 0.108. The summed E-state index contributed by atoms with van der Waals surface area (Å²) in [5.74, 6) is -0.0689. The zero-order valence-corrected chi connectivity index (χ0v) is 19.4. The maximum atomic E-state index is 13.1. The van der Waals surface area contributed by atoms with Gasteiger partial charge in [-0.1, -0.05) is 37.8 Å². The number of amides is 1. The number of phenolic OH excluding ortho intramolecular Hbond substituents is 1. The second-order valence-corrected chi connectivity index (χ2v) is 9.96. The number of likely N-dealkylation sites (tertiary alicyclic amines) is 1. The third kappa shape index (κ3) is 4.78. The molecule has 7 heteroatoms. The molecule has 4 rings (SSSR count). The Morgan fingerprint density at radius 1 is 1.19 bits per heavy atom. The third-order valence-electron chi connectivity index (χ3n) is 5.65. The summed E-state index contributed by atoms with van der Waals surface area (Å²) in [6.07, 6.45) is 14.5. The lowest BCUT2D eigenvalue weighted by atomic mass is 9.89. The van der Waals surface area contributed by atoms with Crippen LogP contribution < -0.4 is 4.74 Å². The number of ketones is 1. The van der Waals surface area contributed by atoms with Crippen molar-refractivity contribution in [3.8, 4) is 11.5 Å². The summed E-state index contributed by atoms with van der Waals surface area (Å²) in [6, 6.07) is 2.97. The first-order valence-corrected chi connectivity index (χ1v) is 11.6. The molecule has 3 heterocycles. The molecule has 1 saturated heterocycles. The van der Waals surface area contributed by atoms with E-state index in [2.05, 4.69) is 26.0 Å². The van der Waals surface area contributed by atoms with Gasteiger partial charge in [-0.2, -0.15) is 0 Å². The maximum absolute atomic E-state index is 13.1. The summed E-state index contributed by atoms with van der Waals surface area (Å²) < 4.78 is 5.65. The van der Waals surface area contributed by atoms with Crippen molar-refractivity contribution in [3.05, 3.63) is 64.9 Å². The average Bonchev–Trinajstić information content (AvgIpc) is 3.09. The number of thioether (sulfide) groups is 1. The molecular formula is C25H28N2O4S. The summed E-state index contributed by atoms with van der Waals surface area (Å²) in [5, 5.41) is 10.4. The van der Waals surface area contributed by atoms with Gasteiger partial charge in [0.25, 0.3) is 0 Å². The number of aromatic hydroxyl groups is 1. The van der Waals surface area contributed by atoms with E-state index in [0.29, 0.717) is 28.6 Å². The molecule has 1 N–H and O–H groups in total. The Balaban J connectivity index is 1.63. The standard InChI is InChI=1S/C25H28N2O4S/c1-25(2)10-14-26(3)13-9-17(16-25)15-20-22(29)21-18(28)7-8-19(23(21)32-20)31-24(30)27-11-5-4-6-12-27/h7-10,13-16,28H,4-6,11-12H2,1-3H3/b13-9-,14-10-,17-16+,20-15-. The highest BCUT2D eigenvalue weighted by Gasteiger charge is 2.33. The van der Waals surface area contributed by atoms with Gasteiger partial charge in [-0.25, -0.2) is 4.79 Å². The molecule has 3 aliphatic heterocycles. The fourth-order valence-electron chi connectivity index (χ4n) is 3.89. The Bertz CT molecular complexity index is 1060. The van der Waals surface area contributed by atoms with Gasteiger partial charge in [0.15, 0.2) is 0 Å². The number of carbonyl (C=O) groups is 2. The number of Topliss-reactive ketones (excluding diaryl/α,β-unsaturated/α-hetero) is 1. The number of benzene rings is 1. The summed E-state index contributed by atoms with van der Waals surface area (Å²) >= 11 is 1.23. The number of allylic oxidation sites excluding steroid dienone is 6. The molecule has 0 aromatic heterocycles. The van der Waals surface area contributed by atoms with Crippen molar-refractivity contribution in [2.24, 2.45) is 5.41 Å². The predicted octanol–water partition coefficient (Wildman–Crippen LogP) is 5.47. The second-order valence-electron chi connectivity index (χ2n) is 8.91. The molecule has 0 aliphatic carbocycles. The number of nitrogens with zero attached hydrogens (tertiary/aromatic N) is 2. The zero-order chi connectivity index (χ0) is 22.9. The molecule has 0 bridgehead atoms. The van der Waals surface area contributed by atoms with Gasteiger partial charge in [0, 0.05) is 31.8 Å². The van der Waals surface area contributed by atoms with E-state index in [9.17, 15) is 14.7 Å². The number of hydrogen-bond donors (Lipinski definition) is 1. The fraction of sp³-hybridized carbons (Fsp3) is 0.360. The quantitative estimate of drug-likeness (QED) is 0.600. The number of hydrogen-bond acceptors (Lipinski definition) is 6. The van der Waals surface area contributed by atoms with Crippen LogP contribution >= 0.6 is 11.8 Å². The topological polar surface area (TPSA) is 70.1 Å². The van der Waals surface area contributed by atoms with Gasteiger partial charge in [-0.3, -0.25) is 4.79 Å². The van der Waals surface area contributed by atoms with Crippen LogP contribution in [0, 0.1) is 5.41 Å². The van der Waals surface area contributed by atoms with Gasteiger partial charge in [0.2, 0.25) is 5.78 Å². The Hall–Kier alpha value is -2.93. The lowest BCUT2D eigenvalue weighted by Crippen LogP contribution is -2.37. The first-order valence-electron chi connectivity index (χ1n) is 10.8. The number of phenols is 1. The maximum Gasteiger partial charge on any atom is 0.415 e. The molecule has 32 heavy (non-hydrogen) atoms. The smallest absolute Gasteiger partial charge is 0.415 e. The van der Waals surface area contributed by atoms with Crippen LogP contribution in [0.4, 0.5) is 4.79 Å². The van der Waals surface area contributed by atoms with Gasteiger partial charge >= 0.3 is 6.09 Å². The van der Waals surface area contributed by atoms with E-state index in [0.717, 1.165) is 24.8 Å². The van der Waals surface area contributed by atoms with Crippen LogP contribution in [0.1, 0.15) is 43.5 Å². The molecule has 0 atom stereocenters. The molecule has 0 spiro atoms. The van der Waals surface area contributed by atoms with Gasteiger partial charge in [-0.05, 0) is 55.3 Å². The average molecular weight is 453 g/mol. The highest BCUT2D eigenvalue weighted by Crippen LogP contribution is 2.49. The predicted molar refractivity (Wildman–Crippen MR) is 126 cm³/mol. The van der Waals surface area contributed by atoms with E-state index in [1.807, 2.05) is 36.5 Å². The highest BCUT2D eigenvalue weighted by atomic mass is 32.2. The van der Waals surface area contributed by atoms with Crippen LogP contribution in [0.2, 0.25) is 0 Å². The number of carbonyl (C=O) groups excluding carboxylic acids is 2. The van der Waals surface area contributed by atoms with Gasteiger partial charge in [-0.15, -0.1) is 0 Å². The number of piperidine rings is 1. The van der Waals surface area contributed by atoms with Crippen LogP contribution in [0.25, 0.3) is 0 Å². The van der Waals surface area contributed by atoms with Crippen LogP contribution in [0.3, 0.4) is 0 Å². The lowest BCUT2D eigenvalue weighted by molar-refractivity contribution is 0.103. The largest absolute Gasteiger partial charge is 0.507 e. The molecule has 0 saturated carbocycles. The Kier molecular flexibility index (Phi) is 6.20. The molecule has 168 valence electrons.